The van der Waals surface area contributed by atoms with Gasteiger partial charge in [-0.1, -0.05) is 23.8 Å². The minimum Gasteiger partial charge on any atom is -0.345 e. The molecule has 0 aliphatic carbocycles. The van der Waals surface area contributed by atoms with Crippen molar-refractivity contribution in [2.75, 3.05) is 0 Å². The van der Waals surface area contributed by atoms with Crippen LogP contribution in [-0.4, -0.2) is 9.97 Å². The van der Waals surface area contributed by atoms with E-state index in [9.17, 15) is 0 Å². The first kappa shape index (κ1) is 7.10. The van der Waals surface area contributed by atoms with Gasteiger partial charge in [-0.05, 0) is 13.0 Å². The van der Waals surface area contributed by atoms with Crippen LogP contribution in [0.3, 0.4) is 0 Å². The Hall–Kier alpha value is -1.57. The Morgan fingerprint density at radius 1 is 1.42 bits per heavy atom. The summed E-state index contributed by atoms with van der Waals surface area (Å²) >= 11 is 0. The van der Waals surface area contributed by atoms with Crippen LogP contribution >= 0.6 is 0 Å². The van der Waals surface area contributed by atoms with Crippen LogP contribution in [0.1, 0.15) is 6.99 Å². The zero-order valence-electron chi connectivity index (χ0n) is 6.91. The van der Waals surface area contributed by atoms with Crippen molar-refractivity contribution in [3.05, 3.63) is 42.2 Å². The summed E-state index contributed by atoms with van der Waals surface area (Å²) in [6, 6.07) is 8.27. The van der Waals surface area contributed by atoms with Crippen molar-refractivity contribution in [2.45, 2.75) is 6.92 Å². The summed E-state index contributed by atoms with van der Waals surface area (Å²) in [6.07, 6.45) is 3.59. The highest BCUT2D eigenvalue weighted by Gasteiger charge is 1.97. The van der Waals surface area contributed by atoms with Crippen LogP contribution in [0, 0.1) is 6.92 Å². The lowest BCUT2D eigenvalue weighted by Gasteiger charge is -1.96. The summed E-state index contributed by atoms with van der Waals surface area (Å²) in [7, 11) is 0. The summed E-state index contributed by atoms with van der Waals surface area (Å²) in [5.74, 6) is 0.929. The second-order valence-corrected chi connectivity index (χ2v) is 2.81. The average Bonchev–Trinajstić information content (AvgIpc) is 2.56. The number of rotatable bonds is 1. The fourth-order valence-electron chi connectivity index (χ4n) is 1.22. The number of imidazole rings is 1. The molecule has 12 heavy (non-hydrogen) atoms. The van der Waals surface area contributed by atoms with Crippen molar-refractivity contribution in [1.82, 2.24) is 9.97 Å². The predicted octanol–water partition coefficient (Wildman–Crippen LogP) is 2.63. The molecule has 0 saturated heterocycles. The quantitative estimate of drug-likeness (QED) is 0.682. The molecule has 0 saturated carbocycles. The molecule has 0 aliphatic heterocycles. The molecule has 0 fully saturated rings. The molecule has 2 heteroatoms. The van der Waals surface area contributed by atoms with Crippen molar-refractivity contribution in [3.63, 3.8) is 0 Å². The van der Waals surface area contributed by atoms with E-state index in [0.717, 1.165) is 11.4 Å². The fraction of sp³-hybridized carbons (Fsp3) is 0.100. The number of aromatic nitrogens is 2. The van der Waals surface area contributed by atoms with Crippen molar-refractivity contribution in [3.8, 4) is 11.4 Å². The van der Waals surface area contributed by atoms with Gasteiger partial charge in [0.05, 0.1) is 0 Å². The number of nitrogens with one attached hydrogen (secondary N) is 1. The molecule has 0 aliphatic rings. The maximum atomic E-state index is 4.17. The lowest BCUT2D eigenvalue weighted by atomic mass is 10.1. The lowest BCUT2D eigenvalue weighted by Crippen LogP contribution is -1.80. The molecule has 0 unspecified atom stereocenters. The van der Waals surface area contributed by atoms with Crippen molar-refractivity contribution in [2.24, 2.45) is 0 Å². The number of aryl methyl sites for hydroxylation is 1. The van der Waals surface area contributed by atoms with Crippen molar-refractivity contribution in [1.29, 1.82) is 0 Å². The predicted molar refractivity (Wildman–Crippen MR) is 50.9 cm³/mol. The zero-order chi connectivity index (χ0) is 8.39. The van der Waals surface area contributed by atoms with Gasteiger partial charge in [0, 0.05) is 19.4 Å². The average molecular weight is 160 g/mol. The molecule has 0 spiro atoms. The molecule has 2 nitrogen and oxygen atoms in total. The number of benzene rings is 1. The molecule has 62 valence electrons. The molecule has 1 N–H and O–H groups in total. The molecule has 0 atom stereocenters. The molecule has 2 aromatic rings. The highest BCUT2D eigenvalue weighted by Crippen LogP contribution is 2.14. The van der Waals surface area contributed by atoms with Crippen LogP contribution in [0.2, 0.25) is 0 Å². The van der Waals surface area contributed by atoms with Gasteiger partial charge in [-0.3, -0.25) is 0 Å². The Morgan fingerprint density at radius 2 is 2.33 bits per heavy atom. The van der Waals surface area contributed by atoms with Gasteiger partial charge >= 0.3 is 0 Å². The molecule has 0 amide bonds. The number of nitrogens with zero attached hydrogens (tertiary/aromatic N) is 1. The summed E-state index contributed by atoms with van der Waals surface area (Å²) in [5, 5.41) is 0. The smallest absolute Gasteiger partial charge is 0.137 e. The van der Waals surface area contributed by atoms with Crippen LogP contribution in [-0.2, 0) is 0 Å². The first-order chi connectivity index (χ1) is 5.86. The Bertz CT molecular complexity index is 368. The number of hydrogen-bond acceptors (Lipinski definition) is 1. The fourth-order valence-corrected chi connectivity index (χ4v) is 1.22. The van der Waals surface area contributed by atoms with Crippen LogP contribution in [0.4, 0.5) is 0 Å². The van der Waals surface area contributed by atoms with E-state index >= 15 is 0 Å². The van der Waals surface area contributed by atoms with Crippen LogP contribution in [0.5, 0.6) is 0 Å². The van der Waals surface area contributed by atoms with E-state index in [1.54, 1.807) is 6.20 Å². The van der Waals surface area contributed by atoms with Gasteiger partial charge in [0.25, 0.3) is 0 Å². The molecule has 1 heterocycles. The minimum atomic E-state index is 0. The Morgan fingerprint density at radius 3 is 3.00 bits per heavy atom. The third-order valence-electron chi connectivity index (χ3n) is 1.79. The van der Waals surface area contributed by atoms with Crippen LogP contribution in [0.15, 0.2) is 36.7 Å². The highest BCUT2D eigenvalue weighted by atomic mass is 14.9. The summed E-state index contributed by atoms with van der Waals surface area (Å²) in [5.41, 5.74) is 2.39. The highest BCUT2D eigenvalue weighted by molar-refractivity contribution is 5.55. The van der Waals surface area contributed by atoms with E-state index < -0.39 is 0 Å². The maximum absolute atomic E-state index is 4.17. The van der Waals surface area contributed by atoms with E-state index in [-0.39, 0.29) is 1.43 Å². The van der Waals surface area contributed by atoms with E-state index in [1.165, 1.54) is 5.56 Å². The van der Waals surface area contributed by atoms with Gasteiger partial charge in [0.2, 0.25) is 0 Å². The van der Waals surface area contributed by atoms with Gasteiger partial charge in [-0.2, -0.15) is 0 Å². The third kappa shape index (κ3) is 1.23. The van der Waals surface area contributed by atoms with E-state index in [0.29, 0.717) is 0 Å². The van der Waals surface area contributed by atoms with Crippen LogP contribution in [0.25, 0.3) is 11.4 Å². The molecule has 2 rings (SSSR count). The molecule has 1 aromatic heterocycles. The maximum Gasteiger partial charge on any atom is 0.137 e. The molecular weight excluding hydrogens is 148 g/mol. The van der Waals surface area contributed by atoms with E-state index in [1.807, 2.05) is 18.3 Å². The summed E-state index contributed by atoms with van der Waals surface area (Å²) in [6.45, 7) is 2.08. The largest absolute Gasteiger partial charge is 0.345 e. The number of aromatic amines is 1. The van der Waals surface area contributed by atoms with Crippen LogP contribution < -0.4 is 0 Å². The molecular formula is C10H12N2. The summed E-state index contributed by atoms with van der Waals surface area (Å²) in [4.78, 5) is 7.24. The van der Waals surface area contributed by atoms with Crippen molar-refractivity contribution < 1.29 is 1.43 Å². The van der Waals surface area contributed by atoms with Gasteiger partial charge in [-0.25, -0.2) is 4.98 Å². The lowest BCUT2D eigenvalue weighted by molar-refractivity contribution is 1.30. The Kier molecular flexibility index (Phi) is 1.67. The molecule has 0 bridgehead atoms. The van der Waals surface area contributed by atoms with E-state index in [4.69, 9.17) is 0 Å². The van der Waals surface area contributed by atoms with Gasteiger partial charge in [-0.15, -0.1) is 0 Å². The Balaban J connectivity index is 0.000000845. The topological polar surface area (TPSA) is 28.7 Å². The Labute approximate surface area is 72.8 Å². The monoisotopic (exact) mass is 160 g/mol. The molecule has 1 aromatic carbocycles. The summed E-state index contributed by atoms with van der Waals surface area (Å²) < 4.78 is 0. The molecule has 0 radical (unpaired) electrons. The normalized spacial score (nSPS) is 10.1. The number of H-pyrrole nitrogens is 1. The second-order valence-electron chi connectivity index (χ2n) is 2.81. The van der Waals surface area contributed by atoms with Gasteiger partial charge < -0.3 is 4.98 Å². The number of hydrogen-bond donors (Lipinski definition) is 1. The van der Waals surface area contributed by atoms with Crippen molar-refractivity contribution >= 4 is 0 Å². The first-order valence-corrected chi connectivity index (χ1v) is 3.93. The minimum absolute atomic E-state index is 0. The zero-order valence-corrected chi connectivity index (χ0v) is 6.91. The van der Waals surface area contributed by atoms with Gasteiger partial charge in [0.15, 0.2) is 0 Å². The second kappa shape index (κ2) is 2.81. The third-order valence-corrected chi connectivity index (χ3v) is 1.79. The van der Waals surface area contributed by atoms with E-state index in [2.05, 4.69) is 29.0 Å². The van der Waals surface area contributed by atoms with Gasteiger partial charge in [0.1, 0.15) is 5.82 Å². The SMILES string of the molecule is Cc1cccc(-c2ncc[nH]2)c1.[HH]. The first-order valence-electron chi connectivity index (χ1n) is 3.93. The standard InChI is InChI=1S/C10H10N2.H2/c1-8-3-2-4-9(7-8)10-11-5-6-12-10;/h2-7H,1H3,(H,11,12);1H.